The summed E-state index contributed by atoms with van der Waals surface area (Å²) in [4.78, 5) is 18.2. The molecular weight excluding hydrogens is 694 g/mol. The summed E-state index contributed by atoms with van der Waals surface area (Å²) in [5, 5.41) is 16.8. The van der Waals surface area contributed by atoms with Crippen LogP contribution < -0.4 is 9.64 Å². The standard InChI is InChI=1S/C37H39ClF2N8O4/c1-3-23-25(38)15-26-24(17-42-48(26)27-7-4-5-13-51-27)28(23)30-32-29(40)31-33(47(32)11-9-41-30)34(45-12-14-50-20-36(2,49)19-45)44-35(43-31)52-21-37-8-6-10-46(37)18-22(39)16-37/h1,9,11,15,17,22,27,49H,4-8,10,12-14,16,18-21H2,2H3/t22-,27?,36+,37+/m1/s1. The number of hydrogen-bond donors (Lipinski definition) is 1. The van der Waals surface area contributed by atoms with Gasteiger partial charge in [0, 0.05) is 49.5 Å². The summed E-state index contributed by atoms with van der Waals surface area (Å²) in [5.41, 5.74) is 0.546. The molecule has 4 aliphatic heterocycles. The molecule has 272 valence electrons. The number of fused-ring (bicyclic) bond motifs is 5. The van der Waals surface area contributed by atoms with E-state index in [1.807, 2.05) is 4.90 Å². The van der Waals surface area contributed by atoms with Crippen LogP contribution in [0.1, 0.15) is 57.2 Å². The van der Waals surface area contributed by atoms with E-state index < -0.39 is 23.1 Å². The Kier molecular flexibility index (Phi) is 8.27. The fraction of sp³-hybridized carbons (Fsp3) is 0.514. The number of benzene rings is 1. The lowest BCUT2D eigenvalue weighted by Gasteiger charge is -2.31. The molecule has 12 nitrogen and oxygen atoms in total. The number of ether oxygens (including phenoxy) is 3. The third kappa shape index (κ3) is 5.48. The molecule has 0 saturated carbocycles. The summed E-state index contributed by atoms with van der Waals surface area (Å²) in [5.74, 6) is 2.41. The van der Waals surface area contributed by atoms with Crippen LogP contribution in [0.2, 0.25) is 5.02 Å². The maximum absolute atomic E-state index is 17.3. The average molecular weight is 733 g/mol. The highest BCUT2D eigenvalue weighted by Crippen LogP contribution is 2.43. The van der Waals surface area contributed by atoms with E-state index in [1.54, 1.807) is 40.7 Å². The highest BCUT2D eigenvalue weighted by atomic mass is 35.5. The molecule has 0 bridgehead atoms. The molecule has 1 aromatic carbocycles. The van der Waals surface area contributed by atoms with E-state index in [0.29, 0.717) is 71.1 Å². The molecule has 1 N–H and O–H groups in total. The Balaban J connectivity index is 1.24. The van der Waals surface area contributed by atoms with Gasteiger partial charge >= 0.3 is 6.01 Å². The van der Waals surface area contributed by atoms with Gasteiger partial charge < -0.3 is 28.6 Å². The predicted octanol–water partition coefficient (Wildman–Crippen LogP) is 5.31. The third-order valence-electron chi connectivity index (χ3n) is 11.0. The van der Waals surface area contributed by atoms with Gasteiger partial charge in [-0.1, -0.05) is 17.5 Å². The molecule has 15 heteroatoms. The normalized spacial score (nSPS) is 27.0. The molecule has 4 fully saturated rings. The van der Waals surface area contributed by atoms with Crippen LogP contribution >= 0.6 is 11.6 Å². The Bertz CT molecular complexity index is 2250. The lowest BCUT2D eigenvalue weighted by atomic mass is 9.95. The highest BCUT2D eigenvalue weighted by molar-refractivity contribution is 6.33. The van der Waals surface area contributed by atoms with Crippen molar-refractivity contribution in [3.05, 3.63) is 41.1 Å². The quantitative estimate of drug-likeness (QED) is 0.231. The molecule has 0 spiro atoms. The molecule has 4 aromatic heterocycles. The molecule has 0 radical (unpaired) electrons. The van der Waals surface area contributed by atoms with Gasteiger partial charge in [0.2, 0.25) is 0 Å². The van der Waals surface area contributed by atoms with Gasteiger partial charge in [-0.05, 0) is 51.6 Å². The maximum atomic E-state index is 17.3. The first-order chi connectivity index (χ1) is 25.2. The van der Waals surface area contributed by atoms with E-state index in [2.05, 4.69) is 20.9 Å². The molecule has 4 saturated heterocycles. The molecule has 9 rings (SSSR count). The van der Waals surface area contributed by atoms with E-state index in [1.165, 1.54) is 0 Å². The minimum absolute atomic E-state index is 0.00135. The fourth-order valence-corrected chi connectivity index (χ4v) is 8.97. The minimum atomic E-state index is -1.22. The van der Waals surface area contributed by atoms with Gasteiger partial charge in [-0.15, -0.1) is 6.42 Å². The molecule has 0 amide bonds. The molecule has 4 aliphatic rings. The topological polar surface area (TPSA) is 115 Å². The van der Waals surface area contributed by atoms with Crippen LogP contribution in [0, 0.1) is 18.2 Å². The number of aliphatic hydroxyl groups is 1. The Morgan fingerprint density at radius 1 is 1.19 bits per heavy atom. The molecule has 4 atom stereocenters. The van der Waals surface area contributed by atoms with Crippen molar-refractivity contribution < 1.29 is 28.1 Å². The van der Waals surface area contributed by atoms with Crippen molar-refractivity contribution in [3.63, 3.8) is 0 Å². The van der Waals surface area contributed by atoms with Gasteiger partial charge in [-0.3, -0.25) is 9.88 Å². The number of aromatic nitrogens is 6. The molecule has 1 unspecified atom stereocenters. The number of alkyl halides is 1. The summed E-state index contributed by atoms with van der Waals surface area (Å²) in [6, 6.07) is 1.73. The Labute approximate surface area is 303 Å². The fourth-order valence-electron chi connectivity index (χ4n) is 8.72. The van der Waals surface area contributed by atoms with Crippen LogP contribution in [-0.2, 0) is 9.47 Å². The van der Waals surface area contributed by atoms with Crippen LogP contribution in [0.4, 0.5) is 14.6 Å². The second kappa shape index (κ2) is 12.8. The Morgan fingerprint density at radius 2 is 2.08 bits per heavy atom. The van der Waals surface area contributed by atoms with Crippen LogP contribution in [-0.4, -0.2) is 109 Å². The average Bonchev–Trinajstić information content (AvgIpc) is 3.85. The van der Waals surface area contributed by atoms with Gasteiger partial charge in [0.15, 0.2) is 17.9 Å². The maximum Gasteiger partial charge on any atom is 0.319 e. The number of nitrogens with zero attached hydrogens (tertiary/aromatic N) is 8. The van der Waals surface area contributed by atoms with Crippen molar-refractivity contribution in [1.29, 1.82) is 0 Å². The summed E-state index contributed by atoms with van der Waals surface area (Å²) < 4.78 is 53.4. The number of β-amino-alcohol motifs (C(OH)–C–C–N with tert-alkyl or cyclic N) is 1. The second-order valence-corrected chi connectivity index (χ2v) is 15.2. The van der Waals surface area contributed by atoms with E-state index in [0.717, 1.165) is 38.6 Å². The third-order valence-corrected chi connectivity index (χ3v) is 11.3. The largest absolute Gasteiger partial charge is 0.461 e. The number of terminal acetylenes is 1. The van der Waals surface area contributed by atoms with Crippen LogP contribution in [0.5, 0.6) is 6.01 Å². The molecule has 0 aliphatic carbocycles. The monoisotopic (exact) mass is 732 g/mol. The van der Waals surface area contributed by atoms with Gasteiger partial charge in [0.05, 0.1) is 53.3 Å². The first-order valence-corrected chi connectivity index (χ1v) is 18.3. The summed E-state index contributed by atoms with van der Waals surface area (Å²) >= 11 is 6.86. The second-order valence-electron chi connectivity index (χ2n) is 14.8. The predicted molar refractivity (Wildman–Crippen MR) is 191 cm³/mol. The van der Waals surface area contributed by atoms with Gasteiger partial charge in [-0.25, -0.2) is 13.5 Å². The van der Waals surface area contributed by atoms with Crippen molar-refractivity contribution in [2.75, 3.05) is 57.5 Å². The van der Waals surface area contributed by atoms with Gasteiger partial charge in [-0.2, -0.15) is 15.1 Å². The van der Waals surface area contributed by atoms with Crippen molar-refractivity contribution in [2.45, 2.75) is 69.0 Å². The van der Waals surface area contributed by atoms with Gasteiger partial charge in [0.25, 0.3) is 0 Å². The van der Waals surface area contributed by atoms with E-state index in [9.17, 15) is 9.50 Å². The number of anilines is 1. The van der Waals surface area contributed by atoms with Crippen molar-refractivity contribution >= 4 is 44.9 Å². The summed E-state index contributed by atoms with van der Waals surface area (Å²) in [6.45, 7) is 4.62. The first kappa shape index (κ1) is 33.7. The smallest absolute Gasteiger partial charge is 0.319 e. The van der Waals surface area contributed by atoms with E-state index in [4.69, 9.17) is 42.2 Å². The summed E-state index contributed by atoms with van der Waals surface area (Å²) in [6.07, 6.45) is 14.7. The summed E-state index contributed by atoms with van der Waals surface area (Å²) in [7, 11) is 0. The van der Waals surface area contributed by atoms with Crippen LogP contribution in [0.15, 0.2) is 24.7 Å². The van der Waals surface area contributed by atoms with Crippen molar-refractivity contribution in [1.82, 2.24) is 34.0 Å². The molecule has 8 heterocycles. The lowest BCUT2D eigenvalue weighted by molar-refractivity contribution is -0.0366. The zero-order chi connectivity index (χ0) is 35.8. The van der Waals surface area contributed by atoms with Gasteiger partial charge in [0.1, 0.15) is 34.9 Å². The molecular formula is C37H39ClF2N8O4. The minimum Gasteiger partial charge on any atom is -0.461 e. The SMILES string of the molecule is C#Cc1c(Cl)cc2c(cnn2C2CCCCO2)c1-c1nccn2c1c(F)c1nc(OC[C@@]34CCCN3C[C@H](F)C4)nc(N3CCOC[C@@](C)(O)C3)c12. The highest BCUT2D eigenvalue weighted by Gasteiger charge is 2.49. The van der Waals surface area contributed by atoms with Crippen LogP contribution in [0.3, 0.4) is 0 Å². The Morgan fingerprint density at radius 3 is 2.90 bits per heavy atom. The van der Waals surface area contributed by atoms with Crippen LogP contribution in [0.25, 0.3) is 38.7 Å². The Hall–Kier alpha value is -4.13. The first-order valence-electron chi connectivity index (χ1n) is 17.9. The number of hydrogen-bond acceptors (Lipinski definition) is 10. The molecule has 5 aromatic rings. The van der Waals surface area contributed by atoms with Crippen molar-refractivity contribution in [2.24, 2.45) is 0 Å². The van der Waals surface area contributed by atoms with E-state index in [-0.39, 0.29) is 48.7 Å². The molecule has 52 heavy (non-hydrogen) atoms. The lowest BCUT2D eigenvalue weighted by Crippen LogP contribution is -2.44. The zero-order valence-electron chi connectivity index (χ0n) is 28.8. The van der Waals surface area contributed by atoms with E-state index >= 15 is 4.39 Å². The van der Waals surface area contributed by atoms with Crippen molar-refractivity contribution in [3.8, 4) is 29.6 Å². The number of rotatable bonds is 6. The number of halogens is 3. The zero-order valence-corrected chi connectivity index (χ0v) is 29.6.